The van der Waals surface area contributed by atoms with Crippen LogP contribution in [0.15, 0.2) is 22.7 Å². The summed E-state index contributed by atoms with van der Waals surface area (Å²) >= 11 is 3.29. The van der Waals surface area contributed by atoms with Crippen molar-refractivity contribution in [3.8, 4) is 0 Å². The Morgan fingerprint density at radius 1 is 1.14 bits per heavy atom. The van der Waals surface area contributed by atoms with E-state index < -0.39 is 0 Å². The van der Waals surface area contributed by atoms with Crippen molar-refractivity contribution in [3.63, 3.8) is 0 Å². The fourth-order valence-corrected chi connectivity index (χ4v) is 6.03. The average Bonchev–Trinajstić information content (AvgIpc) is 2.40. The lowest BCUT2D eigenvalue weighted by molar-refractivity contribution is -0.119. The normalized spacial score (nSPS) is 38.7. The zero-order valence-corrected chi connectivity index (χ0v) is 13.8. The fourth-order valence-electron chi connectivity index (χ4n) is 5.70. The summed E-state index contributed by atoms with van der Waals surface area (Å²) in [6, 6.07) is 5.18. The summed E-state index contributed by atoms with van der Waals surface area (Å²) < 4.78 is 14.8. The van der Waals surface area contributed by atoms with Gasteiger partial charge in [-0.25, -0.2) is 4.39 Å². The Kier molecular flexibility index (Phi) is 3.42. The van der Waals surface area contributed by atoms with E-state index in [1.165, 1.54) is 44.6 Å². The molecular weight excluding hydrogens is 331 g/mol. The monoisotopic (exact) mass is 352 g/mol. The molecule has 1 aromatic carbocycles. The van der Waals surface area contributed by atoms with E-state index in [1.807, 2.05) is 12.1 Å². The minimum atomic E-state index is -0.387. The lowest BCUT2D eigenvalue weighted by atomic mass is 9.48. The number of rotatable bonds is 3. The van der Waals surface area contributed by atoms with Gasteiger partial charge in [-0.3, -0.25) is 0 Å². The third-order valence-electron chi connectivity index (χ3n) is 6.22. The summed E-state index contributed by atoms with van der Waals surface area (Å²) in [5.74, 6) is 2.26. The second-order valence-corrected chi connectivity index (χ2v) is 8.65. The van der Waals surface area contributed by atoms with Gasteiger partial charge in [-0.2, -0.15) is 0 Å². The van der Waals surface area contributed by atoms with Crippen LogP contribution >= 0.6 is 15.9 Å². The second-order valence-electron chi connectivity index (χ2n) is 7.74. The van der Waals surface area contributed by atoms with Gasteiger partial charge in [-0.15, -0.1) is 0 Å². The molecule has 1 aromatic rings. The Balaban J connectivity index is 1.56. The summed E-state index contributed by atoms with van der Waals surface area (Å²) in [4.78, 5) is 0. The fraction of sp³-hybridized carbons (Fsp3) is 0.667. The van der Waals surface area contributed by atoms with Crippen molar-refractivity contribution in [1.29, 1.82) is 0 Å². The molecule has 0 radical (unpaired) electrons. The Morgan fingerprint density at radius 3 is 2.24 bits per heavy atom. The lowest BCUT2D eigenvalue weighted by Crippen LogP contribution is -2.52. The molecule has 4 fully saturated rings. The molecule has 4 aliphatic rings. The van der Waals surface area contributed by atoms with Crippen molar-refractivity contribution in [2.75, 3.05) is 0 Å². The van der Waals surface area contributed by atoms with Crippen LogP contribution in [0.5, 0.6) is 0 Å². The minimum Gasteiger partial charge on any atom is -0.392 e. The lowest BCUT2D eigenvalue weighted by Gasteiger charge is -2.58. The Hall–Kier alpha value is -0.410. The molecular formula is C18H22BrFO. The van der Waals surface area contributed by atoms with Gasteiger partial charge in [0.25, 0.3) is 0 Å². The van der Waals surface area contributed by atoms with Gasteiger partial charge < -0.3 is 5.11 Å². The third kappa shape index (κ3) is 2.46. The van der Waals surface area contributed by atoms with Crippen LogP contribution in [-0.4, -0.2) is 11.2 Å². The van der Waals surface area contributed by atoms with E-state index in [-0.39, 0.29) is 17.3 Å². The molecule has 0 amide bonds. The number of benzene rings is 1. The van der Waals surface area contributed by atoms with Crippen molar-refractivity contribution in [2.45, 2.75) is 51.0 Å². The maximum Gasteiger partial charge on any atom is 0.127 e. The highest BCUT2D eigenvalue weighted by atomic mass is 79.9. The molecule has 114 valence electrons. The van der Waals surface area contributed by atoms with Crippen LogP contribution < -0.4 is 0 Å². The predicted molar refractivity (Wildman–Crippen MR) is 84.4 cm³/mol. The molecule has 1 unspecified atom stereocenters. The van der Waals surface area contributed by atoms with E-state index >= 15 is 0 Å². The quantitative estimate of drug-likeness (QED) is 0.835. The highest BCUT2D eigenvalue weighted by Gasteiger charge is 2.53. The number of halogens is 2. The molecule has 4 bridgehead atoms. The topological polar surface area (TPSA) is 20.2 Å². The first-order valence-electron chi connectivity index (χ1n) is 8.16. The van der Waals surface area contributed by atoms with Gasteiger partial charge in [0.1, 0.15) is 5.82 Å². The van der Waals surface area contributed by atoms with Crippen molar-refractivity contribution in [3.05, 3.63) is 34.1 Å². The van der Waals surface area contributed by atoms with Gasteiger partial charge in [-0.05, 0) is 79.4 Å². The average molecular weight is 353 g/mol. The van der Waals surface area contributed by atoms with Gasteiger partial charge in [0.2, 0.25) is 0 Å². The maximum absolute atomic E-state index is 14.0. The number of aliphatic hydroxyl groups excluding tert-OH is 1. The van der Waals surface area contributed by atoms with Crippen LogP contribution in [0, 0.1) is 29.0 Å². The molecule has 0 aromatic heterocycles. The van der Waals surface area contributed by atoms with Crippen molar-refractivity contribution >= 4 is 15.9 Å². The minimum absolute atomic E-state index is 0.0776. The summed E-state index contributed by atoms with van der Waals surface area (Å²) in [5, 5.41) is 10.9. The molecule has 1 N–H and O–H groups in total. The first kappa shape index (κ1) is 14.2. The van der Waals surface area contributed by atoms with E-state index in [0.717, 1.165) is 22.2 Å². The van der Waals surface area contributed by atoms with Crippen LogP contribution in [0.4, 0.5) is 4.39 Å². The zero-order chi connectivity index (χ0) is 14.6. The largest absolute Gasteiger partial charge is 0.392 e. The summed E-state index contributed by atoms with van der Waals surface area (Å²) in [5.41, 5.74) is 0.732. The SMILES string of the molecule is OC(Cc1ccc(Br)cc1F)C12CC3CC(CC(C3)C1)C2. The van der Waals surface area contributed by atoms with E-state index in [2.05, 4.69) is 15.9 Å². The predicted octanol–water partition coefficient (Wildman–Crippen LogP) is 4.71. The second kappa shape index (κ2) is 5.06. The van der Waals surface area contributed by atoms with E-state index in [0.29, 0.717) is 12.0 Å². The van der Waals surface area contributed by atoms with Crippen molar-refractivity contribution in [1.82, 2.24) is 0 Å². The maximum atomic E-state index is 14.0. The molecule has 5 rings (SSSR count). The molecule has 4 aliphatic carbocycles. The van der Waals surface area contributed by atoms with Crippen molar-refractivity contribution in [2.24, 2.45) is 23.2 Å². The number of aliphatic hydroxyl groups is 1. The van der Waals surface area contributed by atoms with Gasteiger partial charge in [-0.1, -0.05) is 22.0 Å². The molecule has 21 heavy (non-hydrogen) atoms. The molecule has 1 atom stereocenters. The highest BCUT2D eigenvalue weighted by molar-refractivity contribution is 9.10. The van der Waals surface area contributed by atoms with E-state index in [9.17, 15) is 9.50 Å². The van der Waals surface area contributed by atoms with Gasteiger partial charge in [0, 0.05) is 10.9 Å². The molecule has 4 saturated carbocycles. The summed E-state index contributed by atoms with van der Waals surface area (Å²) in [7, 11) is 0. The molecule has 0 heterocycles. The van der Waals surface area contributed by atoms with Gasteiger partial charge in [0.05, 0.1) is 6.10 Å². The standard InChI is InChI=1S/C18H22BrFO/c19-15-2-1-14(16(20)7-15)6-17(21)18-8-11-3-12(9-18)5-13(4-11)10-18/h1-2,7,11-13,17,21H,3-6,8-10H2. The highest BCUT2D eigenvalue weighted by Crippen LogP contribution is 2.61. The van der Waals surface area contributed by atoms with Gasteiger partial charge >= 0.3 is 0 Å². The van der Waals surface area contributed by atoms with Crippen LogP contribution in [0.2, 0.25) is 0 Å². The van der Waals surface area contributed by atoms with E-state index in [4.69, 9.17) is 0 Å². The molecule has 3 heteroatoms. The van der Waals surface area contributed by atoms with Crippen molar-refractivity contribution < 1.29 is 9.50 Å². The van der Waals surface area contributed by atoms with Crippen LogP contribution in [0.25, 0.3) is 0 Å². The van der Waals surface area contributed by atoms with Crippen LogP contribution in [0.3, 0.4) is 0 Å². The smallest absolute Gasteiger partial charge is 0.127 e. The first-order chi connectivity index (χ1) is 10.0. The number of hydrogen-bond acceptors (Lipinski definition) is 1. The van der Waals surface area contributed by atoms with Crippen LogP contribution in [-0.2, 0) is 6.42 Å². The molecule has 1 nitrogen and oxygen atoms in total. The third-order valence-corrected chi connectivity index (χ3v) is 6.71. The summed E-state index contributed by atoms with van der Waals surface area (Å²) in [6.45, 7) is 0. The Morgan fingerprint density at radius 2 is 1.71 bits per heavy atom. The summed E-state index contributed by atoms with van der Waals surface area (Å²) in [6.07, 6.45) is 7.69. The zero-order valence-electron chi connectivity index (χ0n) is 12.2. The molecule has 0 spiro atoms. The van der Waals surface area contributed by atoms with E-state index in [1.54, 1.807) is 0 Å². The number of hydrogen-bond donors (Lipinski definition) is 1. The molecule has 0 saturated heterocycles. The Labute approximate surface area is 134 Å². The first-order valence-corrected chi connectivity index (χ1v) is 8.95. The van der Waals surface area contributed by atoms with Gasteiger partial charge in [0.15, 0.2) is 0 Å². The Bertz CT molecular complexity index is 521. The molecule has 0 aliphatic heterocycles. The van der Waals surface area contributed by atoms with Crippen LogP contribution in [0.1, 0.15) is 44.1 Å².